The monoisotopic (exact) mass is 188 g/mol. The number of nitrogens with one attached hydrogen (secondary N) is 1. The van der Waals surface area contributed by atoms with Crippen LogP contribution in [0.5, 0.6) is 0 Å². The molecule has 0 fully saturated rings. The molecule has 1 aromatic heterocycles. The number of nitrogens with two attached hydrogens (primary N) is 1. The Morgan fingerprint density at radius 3 is 2.64 bits per heavy atom. The van der Waals surface area contributed by atoms with Gasteiger partial charge in [-0.25, -0.2) is 0 Å². The minimum Gasteiger partial charge on any atom is -0.361 e. The molecule has 2 nitrogen and oxygen atoms in total. The summed E-state index contributed by atoms with van der Waals surface area (Å²) in [6, 6.07) is 6.29. The summed E-state index contributed by atoms with van der Waals surface area (Å²) in [4.78, 5) is 3.28. The standard InChI is InChI=1S/C12H16N2/c1-8-5-4-6-9-10(12(2,3)13)7-14-11(8)9/h4-7,14H,13H2,1-3H3. The molecule has 1 heterocycles. The number of fused-ring (bicyclic) bond motifs is 1. The van der Waals surface area contributed by atoms with Gasteiger partial charge in [0.05, 0.1) is 0 Å². The SMILES string of the molecule is Cc1cccc2c(C(C)(C)N)c[nH]c12. The molecule has 0 aliphatic carbocycles. The van der Waals surface area contributed by atoms with E-state index < -0.39 is 0 Å². The quantitative estimate of drug-likeness (QED) is 0.709. The third kappa shape index (κ3) is 1.32. The van der Waals surface area contributed by atoms with Gasteiger partial charge >= 0.3 is 0 Å². The lowest BCUT2D eigenvalue weighted by atomic mass is 9.95. The fourth-order valence-corrected chi connectivity index (χ4v) is 1.84. The smallest absolute Gasteiger partial charge is 0.0487 e. The summed E-state index contributed by atoms with van der Waals surface area (Å²) < 4.78 is 0. The first-order valence-corrected chi connectivity index (χ1v) is 4.86. The molecule has 0 spiro atoms. The van der Waals surface area contributed by atoms with Crippen molar-refractivity contribution in [2.75, 3.05) is 0 Å². The van der Waals surface area contributed by atoms with Crippen LogP contribution in [0.2, 0.25) is 0 Å². The van der Waals surface area contributed by atoms with Gasteiger partial charge in [0.25, 0.3) is 0 Å². The highest BCUT2D eigenvalue weighted by Gasteiger charge is 2.18. The highest BCUT2D eigenvalue weighted by atomic mass is 14.8. The highest BCUT2D eigenvalue weighted by Crippen LogP contribution is 2.27. The molecule has 2 heteroatoms. The van der Waals surface area contributed by atoms with E-state index in [2.05, 4.69) is 30.1 Å². The minimum absolute atomic E-state index is 0.286. The molecule has 14 heavy (non-hydrogen) atoms. The predicted octanol–water partition coefficient (Wildman–Crippen LogP) is 2.67. The Bertz CT molecular complexity index is 461. The number of para-hydroxylation sites is 1. The first-order chi connectivity index (χ1) is 6.50. The van der Waals surface area contributed by atoms with E-state index in [9.17, 15) is 0 Å². The highest BCUT2D eigenvalue weighted by molar-refractivity contribution is 5.86. The van der Waals surface area contributed by atoms with Crippen LogP contribution in [0.4, 0.5) is 0 Å². The molecule has 0 saturated carbocycles. The second-order valence-corrected chi connectivity index (χ2v) is 4.42. The van der Waals surface area contributed by atoms with Crippen LogP contribution in [-0.2, 0) is 5.54 Å². The third-order valence-electron chi connectivity index (χ3n) is 2.62. The minimum atomic E-state index is -0.286. The van der Waals surface area contributed by atoms with Crippen LogP contribution in [0.25, 0.3) is 10.9 Å². The summed E-state index contributed by atoms with van der Waals surface area (Å²) in [5.41, 5.74) is 9.45. The van der Waals surface area contributed by atoms with E-state index in [-0.39, 0.29) is 5.54 Å². The van der Waals surface area contributed by atoms with Crippen LogP contribution in [0.15, 0.2) is 24.4 Å². The fraction of sp³-hybridized carbons (Fsp3) is 0.333. The number of hydrogen-bond donors (Lipinski definition) is 2. The number of aromatic nitrogens is 1. The average Bonchev–Trinajstić information content (AvgIpc) is 2.47. The zero-order chi connectivity index (χ0) is 10.3. The molecule has 2 aromatic rings. The van der Waals surface area contributed by atoms with E-state index in [4.69, 9.17) is 5.73 Å². The second kappa shape index (κ2) is 2.85. The molecule has 0 aliphatic heterocycles. The van der Waals surface area contributed by atoms with Crippen molar-refractivity contribution < 1.29 is 0 Å². The zero-order valence-corrected chi connectivity index (χ0v) is 8.89. The number of benzene rings is 1. The van der Waals surface area contributed by atoms with Crippen molar-refractivity contribution in [3.63, 3.8) is 0 Å². The van der Waals surface area contributed by atoms with Gasteiger partial charge in [-0.1, -0.05) is 18.2 Å². The second-order valence-electron chi connectivity index (χ2n) is 4.42. The van der Waals surface area contributed by atoms with Crippen LogP contribution in [0, 0.1) is 6.92 Å². The van der Waals surface area contributed by atoms with Crippen molar-refractivity contribution in [2.24, 2.45) is 5.73 Å². The molecule has 2 rings (SSSR count). The Balaban J connectivity index is 2.76. The Labute approximate surface area is 84.1 Å². The molecule has 0 aliphatic rings. The molecule has 74 valence electrons. The summed E-state index contributed by atoms with van der Waals surface area (Å²) in [6.07, 6.45) is 2.01. The molecule has 0 radical (unpaired) electrons. The van der Waals surface area contributed by atoms with E-state index >= 15 is 0 Å². The number of aryl methyl sites for hydroxylation is 1. The lowest BCUT2D eigenvalue weighted by Gasteiger charge is -2.17. The zero-order valence-electron chi connectivity index (χ0n) is 8.89. The summed E-state index contributed by atoms with van der Waals surface area (Å²) >= 11 is 0. The Kier molecular flexibility index (Phi) is 1.89. The van der Waals surface area contributed by atoms with Crippen LogP contribution in [0.3, 0.4) is 0 Å². The molecular weight excluding hydrogens is 172 g/mol. The molecule has 0 unspecified atom stereocenters. The normalized spacial score (nSPS) is 12.3. The van der Waals surface area contributed by atoms with Gasteiger partial charge in [0.1, 0.15) is 0 Å². The molecule has 1 aromatic carbocycles. The van der Waals surface area contributed by atoms with Gasteiger partial charge in [-0.2, -0.15) is 0 Å². The van der Waals surface area contributed by atoms with Crippen LogP contribution >= 0.6 is 0 Å². The average molecular weight is 188 g/mol. The van der Waals surface area contributed by atoms with E-state index in [1.54, 1.807) is 0 Å². The number of H-pyrrole nitrogens is 1. The maximum atomic E-state index is 6.10. The third-order valence-corrected chi connectivity index (χ3v) is 2.62. The van der Waals surface area contributed by atoms with E-state index in [0.29, 0.717) is 0 Å². The van der Waals surface area contributed by atoms with Crippen LogP contribution < -0.4 is 5.73 Å². The van der Waals surface area contributed by atoms with Gasteiger partial charge in [-0.15, -0.1) is 0 Å². The summed E-state index contributed by atoms with van der Waals surface area (Å²) in [6.45, 7) is 6.15. The number of aromatic amines is 1. The van der Waals surface area contributed by atoms with E-state index in [1.165, 1.54) is 22.0 Å². The van der Waals surface area contributed by atoms with Crippen molar-refractivity contribution in [1.82, 2.24) is 4.98 Å². The Hall–Kier alpha value is -1.28. The van der Waals surface area contributed by atoms with Gasteiger partial charge < -0.3 is 10.7 Å². The summed E-state index contributed by atoms with van der Waals surface area (Å²) in [5, 5.41) is 1.23. The maximum absolute atomic E-state index is 6.10. The first-order valence-electron chi connectivity index (χ1n) is 4.86. The van der Waals surface area contributed by atoms with Crippen molar-refractivity contribution in [2.45, 2.75) is 26.3 Å². The molecule has 3 N–H and O–H groups in total. The van der Waals surface area contributed by atoms with Gasteiger partial charge in [-0.3, -0.25) is 0 Å². The number of hydrogen-bond acceptors (Lipinski definition) is 1. The lowest BCUT2D eigenvalue weighted by molar-refractivity contribution is 0.559. The van der Waals surface area contributed by atoms with Gasteiger partial charge in [-0.05, 0) is 31.9 Å². The van der Waals surface area contributed by atoms with Gasteiger partial charge in [0.15, 0.2) is 0 Å². The molecule has 0 amide bonds. The van der Waals surface area contributed by atoms with Crippen molar-refractivity contribution in [3.05, 3.63) is 35.5 Å². The molecular formula is C12H16N2. The van der Waals surface area contributed by atoms with E-state index in [1.807, 2.05) is 20.0 Å². The lowest BCUT2D eigenvalue weighted by Crippen LogP contribution is -2.28. The van der Waals surface area contributed by atoms with Crippen molar-refractivity contribution >= 4 is 10.9 Å². The van der Waals surface area contributed by atoms with Crippen molar-refractivity contribution in [3.8, 4) is 0 Å². The van der Waals surface area contributed by atoms with Crippen LogP contribution in [-0.4, -0.2) is 4.98 Å². The molecule has 0 saturated heterocycles. The van der Waals surface area contributed by atoms with Crippen LogP contribution in [0.1, 0.15) is 25.0 Å². The number of rotatable bonds is 1. The maximum Gasteiger partial charge on any atom is 0.0487 e. The topological polar surface area (TPSA) is 41.8 Å². The predicted molar refractivity (Wildman–Crippen MR) is 60.2 cm³/mol. The van der Waals surface area contributed by atoms with Gasteiger partial charge in [0, 0.05) is 22.6 Å². The first kappa shape index (κ1) is 9.28. The summed E-state index contributed by atoms with van der Waals surface area (Å²) in [5.74, 6) is 0. The Morgan fingerprint density at radius 1 is 1.29 bits per heavy atom. The van der Waals surface area contributed by atoms with E-state index in [0.717, 1.165) is 0 Å². The molecule has 0 atom stereocenters. The summed E-state index contributed by atoms with van der Waals surface area (Å²) in [7, 11) is 0. The van der Waals surface area contributed by atoms with Crippen molar-refractivity contribution in [1.29, 1.82) is 0 Å². The largest absolute Gasteiger partial charge is 0.361 e. The van der Waals surface area contributed by atoms with Gasteiger partial charge in [0.2, 0.25) is 0 Å². The molecule has 0 bridgehead atoms. The fourth-order valence-electron chi connectivity index (χ4n) is 1.84. The Morgan fingerprint density at radius 2 is 2.00 bits per heavy atom.